The van der Waals surface area contributed by atoms with Gasteiger partial charge in [0.25, 0.3) is 10.0 Å². The van der Waals surface area contributed by atoms with E-state index in [1.807, 2.05) is 6.07 Å². The molecule has 9 heteroatoms. The van der Waals surface area contributed by atoms with Crippen LogP contribution in [0, 0.1) is 0 Å². The van der Waals surface area contributed by atoms with Gasteiger partial charge in [0.2, 0.25) is 5.91 Å². The van der Waals surface area contributed by atoms with Crippen LogP contribution < -0.4 is 9.62 Å². The molecule has 3 heterocycles. The number of anilines is 2. The van der Waals surface area contributed by atoms with Crippen molar-refractivity contribution in [2.45, 2.75) is 30.7 Å². The number of rotatable bonds is 4. The molecule has 0 saturated carbocycles. The number of nitrogens with one attached hydrogen (secondary N) is 1. The van der Waals surface area contributed by atoms with Gasteiger partial charge < -0.3 is 9.47 Å². The quantitative estimate of drug-likeness (QED) is 0.713. The lowest BCUT2D eigenvalue weighted by atomic mass is 10.2. The zero-order valence-corrected chi connectivity index (χ0v) is 16.6. The smallest absolute Gasteiger partial charge is 0.261 e. The molecule has 0 spiro atoms. The summed E-state index contributed by atoms with van der Waals surface area (Å²) in [4.78, 5) is 13.5. The van der Waals surface area contributed by atoms with Crippen molar-refractivity contribution < 1.29 is 13.2 Å². The molecule has 148 valence electrons. The van der Waals surface area contributed by atoms with Crippen LogP contribution in [-0.2, 0) is 34.2 Å². The Kier molecular flexibility index (Phi) is 3.95. The van der Waals surface area contributed by atoms with Gasteiger partial charge in [-0.2, -0.15) is 0 Å². The molecule has 0 unspecified atom stereocenters. The normalized spacial score (nSPS) is 15.5. The maximum atomic E-state index is 12.9. The monoisotopic (exact) mass is 409 g/mol. The Morgan fingerprint density at radius 2 is 1.97 bits per heavy atom. The second-order valence-electron chi connectivity index (χ2n) is 7.30. The van der Waals surface area contributed by atoms with E-state index in [2.05, 4.69) is 19.5 Å². The first-order valence-electron chi connectivity index (χ1n) is 9.37. The number of hydrogen-bond donors (Lipinski definition) is 1. The standard InChI is InChI=1S/C20H19N5O3S/c1-24-17-8-7-16(11-14(17)12-19(24)26)29(27,28)23-15-5-2-4-13(10-15)20-22-21-18-6-3-9-25(18)20/h2,4-5,7-8,10-11,23H,3,6,9,12H2,1H3. The zero-order chi connectivity index (χ0) is 20.2. The molecule has 0 fully saturated rings. The molecule has 2 aliphatic rings. The third kappa shape index (κ3) is 2.98. The maximum Gasteiger partial charge on any atom is 0.261 e. The Morgan fingerprint density at radius 1 is 1.10 bits per heavy atom. The maximum absolute atomic E-state index is 12.9. The molecular formula is C20H19N5O3S. The van der Waals surface area contributed by atoms with Crippen molar-refractivity contribution in [3.63, 3.8) is 0 Å². The number of hydrogen-bond acceptors (Lipinski definition) is 5. The van der Waals surface area contributed by atoms with E-state index in [1.54, 1.807) is 42.3 Å². The summed E-state index contributed by atoms with van der Waals surface area (Å²) in [7, 11) is -2.10. The Balaban J connectivity index is 1.44. The molecule has 2 aliphatic heterocycles. The number of amides is 1. The predicted molar refractivity (Wildman–Crippen MR) is 108 cm³/mol. The summed E-state index contributed by atoms with van der Waals surface area (Å²) in [6.07, 6.45) is 2.16. The number of likely N-dealkylation sites (N-methyl/N-ethyl adjacent to an activating group) is 1. The highest BCUT2D eigenvalue weighted by Crippen LogP contribution is 2.31. The largest absolute Gasteiger partial charge is 0.315 e. The van der Waals surface area contributed by atoms with Crippen LogP contribution in [0.2, 0.25) is 0 Å². The van der Waals surface area contributed by atoms with Crippen molar-refractivity contribution in [1.29, 1.82) is 0 Å². The third-order valence-electron chi connectivity index (χ3n) is 5.42. The molecule has 5 rings (SSSR count). The molecule has 0 aliphatic carbocycles. The van der Waals surface area contributed by atoms with Gasteiger partial charge in [-0.25, -0.2) is 8.42 Å². The van der Waals surface area contributed by atoms with Crippen molar-refractivity contribution in [1.82, 2.24) is 14.8 Å². The summed E-state index contributed by atoms with van der Waals surface area (Å²) in [5, 5.41) is 8.47. The molecule has 1 aromatic heterocycles. The van der Waals surface area contributed by atoms with Crippen LogP contribution in [-0.4, -0.2) is 36.1 Å². The molecule has 1 amide bonds. The van der Waals surface area contributed by atoms with Crippen molar-refractivity contribution in [3.05, 3.63) is 53.9 Å². The van der Waals surface area contributed by atoms with E-state index in [-0.39, 0.29) is 17.2 Å². The van der Waals surface area contributed by atoms with Gasteiger partial charge in [0.1, 0.15) is 5.82 Å². The molecule has 29 heavy (non-hydrogen) atoms. The van der Waals surface area contributed by atoms with Crippen LogP contribution in [0.25, 0.3) is 11.4 Å². The second-order valence-corrected chi connectivity index (χ2v) is 8.98. The van der Waals surface area contributed by atoms with Crippen LogP contribution in [0.15, 0.2) is 47.4 Å². The summed E-state index contributed by atoms with van der Waals surface area (Å²) >= 11 is 0. The molecule has 1 N–H and O–H groups in total. The minimum absolute atomic E-state index is 0.0453. The Hall–Kier alpha value is -3.20. The van der Waals surface area contributed by atoms with Gasteiger partial charge in [-0.3, -0.25) is 9.52 Å². The summed E-state index contributed by atoms with van der Waals surface area (Å²) in [5.41, 5.74) is 2.73. The van der Waals surface area contributed by atoms with Crippen molar-refractivity contribution in [2.24, 2.45) is 0 Å². The fraction of sp³-hybridized carbons (Fsp3) is 0.250. The first kappa shape index (κ1) is 17.9. The van der Waals surface area contributed by atoms with E-state index in [0.29, 0.717) is 11.3 Å². The minimum atomic E-state index is -3.79. The van der Waals surface area contributed by atoms with Crippen molar-refractivity contribution >= 4 is 27.3 Å². The lowest BCUT2D eigenvalue weighted by molar-refractivity contribution is -0.117. The van der Waals surface area contributed by atoms with Crippen LogP contribution in [0.5, 0.6) is 0 Å². The molecule has 2 aromatic carbocycles. The van der Waals surface area contributed by atoms with Crippen LogP contribution in [0.3, 0.4) is 0 Å². The predicted octanol–water partition coefficient (Wildman–Crippen LogP) is 2.21. The van der Waals surface area contributed by atoms with Gasteiger partial charge >= 0.3 is 0 Å². The van der Waals surface area contributed by atoms with E-state index in [1.165, 1.54) is 6.07 Å². The number of sulfonamides is 1. The van der Waals surface area contributed by atoms with Crippen LogP contribution in [0.1, 0.15) is 17.8 Å². The summed E-state index contributed by atoms with van der Waals surface area (Å²) in [5.74, 6) is 1.66. The first-order chi connectivity index (χ1) is 13.9. The third-order valence-corrected chi connectivity index (χ3v) is 6.80. The lowest BCUT2D eigenvalue weighted by Crippen LogP contribution is -2.20. The van der Waals surface area contributed by atoms with E-state index in [0.717, 1.165) is 42.3 Å². The number of aromatic nitrogens is 3. The summed E-state index contributed by atoms with van der Waals surface area (Å²) in [6.45, 7) is 0.871. The topological polar surface area (TPSA) is 97.2 Å². The Morgan fingerprint density at radius 3 is 2.83 bits per heavy atom. The Labute approximate surface area is 168 Å². The van der Waals surface area contributed by atoms with Gasteiger partial charge in [-0.15, -0.1) is 10.2 Å². The van der Waals surface area contributed by atoms with Crippen LogP contribution in [0.4, 0.5) is 11.4 Å². The summed E-state index contributed by atoms with van der Waals surface area (Å²) < 4.78 is 30.5. The number of fused-ring (bicyclic) bond motifs is 2. The highest BCUT2D eigenvalue weighted by molar-refractivity contribution is 7.92. The average molecular weight is 409 g/mol. The van der Waals surface area contributed by atoms with Crippen LogP contribution >= 0.6 is 0 Å². The number of nitrogens with zero attached hydrogens (tertiary/aromatic N) is 4. The number of carbonyl (C=O) groups excluding carboxylic acids is 1. The molecule has 3 aromatic rings. The average Bonchev–Trinajstić information content (AvgIpc) is 3.37. The van der Waals surface area contributed by atoms with Gasteiger partial charge in [-0.05, 0) is 42.3 Å². The molecule has 0 saturated heterocycles. The van der Waals surface area contributed by atoms with E-state index < -0.39 is 10.0 Å². The summed E-state index contributed by atoms with van der Waals surface area (Å²) in [6, 6.07) is 11.9. The van der Waals surface area contributed by atoms with E-state index >= 15 is 0 Å². The van der Waals surface area contributed by atoms with Gasteiger partial charge in [-0.1, -0.05) is 12.1 Å². The molecule has 8 nitrogen and oxygen atoms in total. The number of benzene rings is 2. The zero-order valence-electron chi connectivity index (χ0n) is 15.8. The number of carbonyl (C=O) groups is 1. The van der Waals surface area contributed by atoms with Crippen molar-refractivity contribution in [2.75, 3.05) is 16.7 Å². The number of aryl methyl sites for hydroxylation is 1. The fourth-order valence-corrected chi connectivity index (χ4v) is 5.01. The SMILES string of the molecule is CN1C(=O)Cc2cc(S(=O)(=O)Nc3cccc(-c4nnc5n4CCC5)c3)ccc21. The van der Waals surface area contributed by atoms with Gasteiger partial charge in [0.15, 0.2) is 5.82 Å². The van der Waals surface area contributed by atoms with Gasteiger partial charge in [0, 0.05) is 37.0 Å². The Bertz CT molecular complexity index is 1250. The highest BCUT2D eigenvalue weighted by atomic mass is 32.2. The first-order valence-corrected chi connectivity index (χ1v) is 10.9. The highest BCUT2D eigenvalue weighted by Gasteiger charge is 2.26. The van der Waals surface area contributed by atoms with Crippen molar-refractivity contribution in [3.8, 4) is 11.4 Å². The lowest BCUT2D eigenvalue weighted by Gasteiger charge is -2.12. The molecule has 0 bridgehead atoms. The molecular weight excluding hydrogens is 390 g/mol. The van der Waals surface area contributed by atoms with Gasteiger partial charge in [0.05, 0.1) is 11.3 Å². The fourth-order valence-electron chi connectivity index (χ4n) is 3.91. The van der Waals surface area contributed by atoms with E-state index in [9.17, 15) is 13.2 Å². The minimum Gasteiger partial charge on any atom is -0.315 e. The molecule has 0 radical (unpaired) electrons. The second kappa shape index (κ2) is 6.41. The van der Waals surface area contributed by atoms with E-state index in [4.69, 9.17) is 0 Å². The molecule has 0 atom stereocenters.